The first-order valence-electron chi connectivity index (χ1n) is 6.29. The molecule has 1 aromatic carbocycles. The number of imidazole rings is 1. The molecule has 18 heavy (non-hydrogen) atoms. The van der Waals surface area contributed by atoms with Crippen molar-refractivity contribution in [1.82, 2.24) is 14.9 Å². The van der Waals surface area contributed by atoms with Gasteiger partial charge in [-0.2, -0.15) is 0 Å². The largest absolute Gasteiger partial charge is 0.370 e. The van der Waals surface area contributed by atoms with Crippen LogP contribution in [0.2, 0.25) is 0 Å². The number of para-hydroxylation sites is 2. The van der Waals surface area contributed by atoms with Gasteiger partial charge < -0.3 is 15.6 Å². The van der Waals surface area contributed by atoms with Gasteiger partial charge in [0.2, 0.25) is 0 Å². The first kappa shape index (κ1) is 11.1. The normalized spacial score (nSPS) is 16.1. The van der Waals surface area contributed by atoms with E-state index < -0.39 is 0 Å². The summed E-state index contributed by atoms with van der Waals surface area (Å²) in [6, 6.07) is 8.65. The summed E-state index contributed by atoms with van der Waals surface area (Å²) in [6.07, 6.45) is 4.27. The highest BCUT2D eigenvalue weighted by molar-refractivity contribution is 5.78. The fourth-order valence-corrected chi connectivity index (χ4v) is 1.95. The Morgan fingerprint density at radius 3 is 3.11 bits per heavy atom. The standard InChI is InChI=1S/C13H17N5/c14-13(17-10-5-6-10)15-7-8-18-9-16-11-3-1-2-4-12(11)18/h1-4,9-10H,5-8H2,(H3,14,15,17). The average Bonchev–Trinajstić information content (AvgIpc) is 3.09. The van der Waals surface area contributed by atoms with E-state index in [9.17, 15) is 0 Å². The van der Waals surface area contributed by atoms with Crippen LogP contribution in [0.15, 0.2) is 35.6 Å². The van der Waals surface area contributed by atoms with Crippen molar-refractivity contribution in [3.05, 3.63) is 30.6 Å². The van der Waals surface area contributed by atoms with Gasteiger partial charge in [0.05, 0.1) is 23.9 Å². The van der Waals surface area contributed by atoms with Crippen LogP contribution in [0.3, 0.4) is 0 Å². The van der Waals surface area contributed by atoms with Gasteiger partial charge in [0.15, 0.2) is 5.96 Å². The second-order valence-corrected chi connectivity index (χ2v) is 4.61. The SMILES string of the molecule is NC(=NCCn1cnc2ccccc21)NC1CC1. The summed E-state index contributed by atoms with van der Waals surface area (Å²) in [5.74, 6) is 0.557. The van der Waals surface area contributed by atoms with Crippen molar-refractivity contribution in [2.24, 2.45) is 10.7 Å². The minimum atomic E-state index is 0.557. The van der Waals surface area contributed by atoms with E-state index in [1.54, 1.807) is 0 Å². The highest BCUT2D eigenvalue weighted by atomic mass is 15.1. The second-order valence-electron chi connectivity index (χ2n) is 4.61. The number of nitrogens with one attached hydrogen (secondary N) is 1. The van der Waals surface area contributed by atoms with Crippen LogP contribution in [0.25, 0.3) is 11.0 Å². The summed E-state index contributed by atoms with van der Waals surface area (Å²) in [7, 11) is 0. The van der Waals surface area contributed by atoms with E-state index in [0.717, 1.165) is 17.6 Å². The topological polar surface area (TPSA) is 68.2 Å². The molecule has 1 fully saturated rings. The third kappa shape index (κ3) is 2.45. The highest BCUT2D eigenvalue weighted by Gasteiger charge is 2.21. The maximum Gasteiger partial charge on any atom is 0.188 e. The third-order valence-electron chi connectivity index (χ3n) is 3.08. The fraction of sp³-hybridized carbons (Fsp3) is 0.385. The highest BCUT2D eigenvalue weighted by Crippen LogP contribution is 2.18. The molecule has 0 bridgehead atoms. The minimum absolute atomic E-state index is 0.557. The molecule has 0 amide bonds. The maximum absolute atomic E-state index is 5.78. The van der Waals surface area contributed by atoms with E-state index in [0.29, 0.717) is 18.5 Å². The van der Waals surface area contributed by atoms with E-state index >= 15 is 0 Å². The monoisotopic (exact) mass is 243 g/mol. The van der Waals surface area contributed by atoms with E-state index in [1.807, 2.05) is 24.5 Å². The molecular weight excluding hydrogens is 226 g/mol. The Balaban J connectivity index is 1.62. The van der Waals surface area contributed by atoms with Crippen LogP contribution in [0.5, 0.6) is 0 Å². The minimum Gasteiger partial charge on any atom is -0.370 e. The smallest absolute Gasteiger partial charge is 0.188 e. The van der Waals surface area contributed by atoms with E-state index in [4.69, 9.17) is 5.73 Å². The lowest BCUT2D eigenvalue weighted by molar-refractivity contribution is 0.723. The van der Waals surface area contributed by atoms with Gasteiger partial charge in [-0.3, -0.25) is 4.99 Å². The van der Waals surface area contributed by atoms with E-state index in [-0.39, 0.29) is 0 Å². The zero-order valence-electron chi connectivity index (χ0n) is 10.2. The molecule has 5 heteroatoms. The molecule has 1 aliphatic carbocycles. The lowest BCUT2D eigenvalue weighted by atomic mass is 10.3. The first-order valence-corrected chi connectivity index (χ1v) is 6.29. The second kappa shape index (κ2) is 4.68. The Morgan fingerprint density at radius 2 is 2.28 bits per heavy atom. The summed E-state index contributed by atoms with van der Waals surface area (Å²) in [4.78, 5) is 8.66. The molecule has 0 saturated heterocycles. The first-order chi connectivity index (χ1) is 8.83. The summed E-state index contributed by atoms with van der Waals surface area (Å²) in [6.45, 7) is 1.47. The Labute approximate surface area is 106 Å². The molecule has 0 spiro atoms. The fourth-order valence-electron chi connectivity index (χ4n) is 1.95. The molecule has 0 unspecified atom stereocenters. The Bertz CT molecular complexity index is 568. The molecule has 5 nitrogen and oxygen atoms in total. The van der Waals surface area contributed by atoms with Crippen LogP contribution >= 0.6 is 0 Å². The van der Waals surface area contributed by atoms with Crippen molar-refractivity contribution in [3.8, 4) is 0 Å². The summed E-state index contributed by atoms with van der Waals surface area (Å²) >= 11 is 0. The lowest BCUT2D eigenvalue weighted by Gasteiger charge is -2.04. The molecule has 0 radical (unpaired) electrons. The van der Waals surface area contributed by atoms with Gasteiger partial charge in [-0.15, -0.1) is 0 Å². The van der Waals surface area contributed by atoms with E-state index in [2.05, 4.69) is 25.9 Å². The predicted octanol–water partition coefficient (Wildman–Crippen LogP) is 1.10. The third-order valence-corrected chi connectivity index (χ3v) is 3.08. The van der Waals surface area contributed by atoms with Gasteiger partial charge in [0, 0.05) is 12.6 Å². The number of hydrogen-bond acceptors (Lipinski definition) is 2. The van der Waals surface area contributed by atoms with Gasteiger partial charge >= 0.3 is 0 Å². The summed E-state index contributed by atoms with van der Waals surface area (Å²) < 4.78 is 2.10. The number of nitrogens with two attached hydrogens (primary N) is 1. The van der Waals surface area contributed by atoms with Crippen LogP contribution in [-0.4, -0.2) is 28.1 Å². The van der Waals surface area contributed by atoms with Gasteiger partial charge in [-0.05, 0) is 25.0 Å². The van der Waals surface area contributed by atoms with E-state index in [1.165, 1.54) is 12.8 Å². The molecule has 1 saturated carbocycles. The molecule has 94 valence electrons. The molecule has 3 N–H and O–H groups in total. The number of aliphatic imine (C=N–C) groups is 1. The van der Waals surface area contributed by atoms with Crippen LogP contribution in [-0.2, 0) is 6.54 Å². The van der Waals surface area contributed by atoms with Crippen molar-refractivity contribution >= 4 is 17.0 Å². The molecule has 2 aromatic rings. The number of fused-ring (bicyclic) bond motifs is 1. The predicted molar refractivity (Wildman–Crippen MR) is 72.4 cm³/mol. The average molecular weight is 243 g/mol. The van der Waals surface area contributed by atoms with Crippen LogP contribution < -0.4 is 11.1 Å². The van der Waals surface area contributed by atoms with Crippen molar-refractivity contribution in [2.75, 3.05) is 6.54 Å². The summed E-state index contributed by atoms with van der Waals surface area (Å²) in [5.41, 5.74) is 7.94. The molecular formula is C13H17N5. The van der Waals surface area contributed by atoms with Gasteiger partial charge in [-0.1, -0.05) is 12.1 Å². The number of aromatic nitrogens is 2. The molecule has 0 atom stereocenters. The van der Waals surface area contributed by atoms with Gasteiger partial charge in [0.1, 0.15) is 0 Å². The quantitative estimate of drug-likeness (QED) is 0.624. The van der Waals surface area contributed by atoms with Gasteiger partial charge in [0.25, 0.3) is 0 Å². The summed E-state index contributed by atoms with van der Waals surface area (Å²) in [5, 5.41) is 3.17. The number of rotatable bonds is 4. The van der Waals surface area contributed by atoms with Crippen molar-refractivity contribution in [1.29, 1.82) is 0 Å². The Kier molecular flexibility index (Phi) is 2.88. The molecule has 1 aromatic heterocycles. The van der Waals surface area contributed by atoms with Crippen molar-refractivity contribution in [2.45, 2.75) is 25.4 Å². The Morgan fingerprint density at radius 1 is 1.44 bits per heavy atom. The lowest BCUT2D eigenvalue weighted by Crippen LogP contribution is -2.33. The maximum atomic E-state index is 5.78. The molecule has 1 aliphatic rings. The van der Waals surface area contributed by atoms with Crippen LogP contribution in [0.4, 0.5) is 0 Å². The number of hydrogen-bond donors (Lipinski definition) is 2. The van der Waals surface area contributed by atoms with Crippen molar-refractivity contribution < 1.29 is 0 Å². The van der Waals surface area contributed by atoms with Crippen molar-refractivity contribution in [3.63, 3.8) is 0 Å². The Hall–Kier alpha value is -2.04. The zero-order valence-corrected chi connectivity index (χ0v) is 10.2. The number of nitrogens with zero attached hydrogens (tertiary/aromatic N) is 3. The molecule has 0 aliphatic heterocycles. The molecule has 1 heterocycles. The van der Waals surface area contributed by atoms with Gasteiger partial charge in [-0.25, -0.2) is 4.98 Å². The van der Waals surface area contributed by atoms with Crippen LogP contribution in [0, 0.1) is 0 Å². The number of guanidine groups is 1. The zero-order chi connectivity index (χ0) is 12.4. The molecule has 3 rings (SSSR count). The van der Waals surface area contributed by atoms with Crippen LogP contribution in [0.1, 0.15) is 12.8 Å². The number of benzene rings is 1.